The van der Waals surface area contributed by atoms with Crippen molar-refractivity contribution in [2.75, 3.05) is 18.8 Å². The summed E-state index contributed by atoms with van der Waals surface area (Å²) in [5, 5.41) is 7.62. The molecule has 3 rings (SSSR count). The van der Waals surface area contributed by atoms with Crippen LogP contribution in [0.3, 0.4) is 0 Å². The number of hydrogen-bond acceptors (Lipinski definition) is 4. The van der Waals surface area contributed by atoms with E-state index >= 15 is 0 Å². The molecule has 0 bridgehead atoms. The maximum Gasteiger partial charge on any atom is 0.208 e. The number of rotatable bonds is 4. The molecule has 1 aromatic heterocycles. The number of nitrogens with one attached hydrogen (secondary N) is 1. The molecule has 1 aromatic carbocycles. The number of hydrogen-bond donors (Lipinski definition) is 1. The van der Waals surface area contributed by atoms with Crippen molar-refractivity contribution < 1.29 is 0 Å². The zero-order valence-corrected chi connectivity index (χ0v) is 11.0. The fourth-order valence-corrected chi connectivity index (χ4v) is 3.05. The topological polar surface area (TPSA) is 44.8 Å². The summed E-state index contributed by atoms with van der Waals surface area (Å²) in [6.45, 7) is 3.32. The molecular formula is C13H16N4S. The SMILES string of the molecule is c1ccc2c(c1)CCN(CCSc1nc[nH]n1)C2. The van der Waals surface area contributed by atoms with Gasteiger partial charge in [0.1, 0.15) is 6.33 Å². The fraction of sp³-hybridized carbons (Fsp3) is 0.385. The molecule has 94 valence electrons. The quantitative estimate of drug-likeness (QED) is 0.854. The largest absolute Gasteiger partial charge is 0.298 e. The van der Waals surface area contributed by atoms with Crippen LogP contribution in [0, 0.1) is 0 Å². The van der Waals surface area contributed by atoms with E-state index < -0.39 is 0 Å². The van der Waals surface area contributed by atoms with Crippen molar-refractivity contribution in [1.29, 1.82) is 0 Å². The maximum atomic E-state index is 4.11. The Morgan fingerprint density at radius 3 is 3.00 bits per heavy atom. The van der Waals surface area contributed by atoms with Crippen LogP contribution in [0.2, 0.25) is 0 Å². The second kappa shape index (κ2) is 5.54. The Morgan fingerprint density at radius 1 is 1.28 bits per heavy atom. The van der Waals surface area contributed by atoms with Crippen molar-refractivity contribution in [3.05, 3.63) is 41.7 Å². The monoisotopic (exact) mass is 260 g/mol. The molecule has 0 amide bonds. The van der Waals surface area contributed by atoms with Crippen LogP contribution >= 0.6 is 11.8 Å². The van der Waals surface area contributed by atoms with E-state index in [1.807, 2.05) is 0 Å². The van der Waals surface area contributed by atoms with E-state index in [0.29, 0.717) is 0 Å². The molecule has 0 aliphatic carbocycles. The highest BCUT2D eigenvalue weighted by Gasteiger charge is 2.15. The molecule has 0 spiro atoms. The van der Waals surface area contributed by atoms with Crippen molar-refractivity contribution in [2.45, 2.75) is 18.1 Å². The van der Waals surface area contributed by atoms with E-state index in [2.05, 4.69) is 44.3 Å². The molecule has 0 atom stereocenters. The average molecular weight is 260 g/mol. The summed E-state index contributed by atoms with van der Waals surface area (Å²) in [6, 6.07) is 8.75. The minimum Gasteiger partial charge on any atom is -0.298 e. The van der Waals surface area contributed by atoms with Gasteiger partial charge in [-0.05, 0) is 17.5 Å². The Hall–Kier alpha value is -1.33. The van der Waals surface area contributed by atoms with Crippen LogP contribution in [0.1, 0.15) is 11.1 Å². The highest BCUT2D eigenvalue weighted by Crippen LogP contribution is 2.19. The Kier molecular flexibility index (Phi) is 3.61. The van der Waals surface area contributed by atoms with Gasteiger partial charge in [0.25, 0.3) is 0 Å². The first kappa shape index (κ1) is 11.7. The molecule has 0 radical (unpaired) electrons. The lowest BCUT2D eigenvalue weighted by atomic mass is 10.0. The predicted molar refractivity (Wildman–Crippen MR) is 72.5 cm³/mol. The van der Waals surface area contributed by atoms with Crippen LogP contribution < -0.4 is 0 Å². The minimum atomic E-state index is 0.840. The molecule has 1 aliphatic rings. The summed E-state index contributed by atoms with van der Waals surface area (Å²) in [6.07, 6.45) is 2.79. The number of aromatic amines is 1. The zero-order valence-electron chi connectivity index (χ0n) is 10.2. The van der Waals surface area contributed by atoms with Crippen molar-refractivity contribution in [3.63, 3.8) is 0 Å². The van der Waals surface area contributed by atoms with E-state index in [1.165, 1.54) is 17.5 Å². The molecule has 1 N–H and O–H groups in total. The van der Waals surface area contributed by atoms with Crippen molar-refractivity contribution >= 4 is 11.8 Å². The van der Waals surface area contributed by atoms with Gasteiger partial charge in [0, 0.05) is 25.4 Å². The van der Waals surface area contributed by atoms with E-state index in [4.69, 9.17) is 0 Å². The van der Waals surface area contributed by atoms with Gasteiger partial charge in [-0.1, -0.05) is 36.0 Å². The van der Waals surface area contributed by atoms with Crippen LogP contribution in [-0.2, 0) is 13.0 Å². The highest BCUT2D eigenvalue weighted by molar-refractivity contribution is 7.99. The van der Waals surface area contributed by atoms with Crippen LogP contribution in [0.5, 0.6) is 0 Å². The minimum absolute atomic E-state index is 0.840. The summed E-state index contributed by atoms with van der Waals surface area (Å²) < 4.78 is 0. The van der Waals surface area contributed by atoms with E-state index in [-0.39, 0.29) is 0 Å². The van der Waals surface area contributed by atoms with E-state index in [0.717, 1.165) is 30.5 Å². The van der Waals surface area contributed by atoms with Gasteiger partial charge in [0.15, 0.2) is 0 Å². The lowest BCUT2D eigenvalue weighted by molar-refractivity contribution is 0.270. The molecule has 2 aromatic rings. The highest BCUT2D eigenvalue weighted by atomic mass is 32.2. The first-order valence-corrected chi connectivity index (χ1v) is 7.18. The number of thioether (sulfide) groups is 1. The second-order valence-electron chi connectivity index (χ2n) is 4.42. The molecule has 0 saturated heterocycles. The van der Waals surface area contributed by atoms with Gasteiger partial charge < -0.3 is 0 Å². The van der Waals surface area contributed by atoms with Crippen LogP contribution in [0.25, 0.3) is 0 Å². The molecule has 2 heterocycles. The van der Waals surface area contributed by atoms with E-state index in [1.54, 1.807) is 18.1 Å². The van der Waals surface area contributed by atoms with Crippen LogP contribution in [0.4, 0.5) is 0 Å². The summed E-state index contributed by atoms with van der Waals surface area (Å²) in [5.41, 5.74) is 2.99. The molecular weight excluding hydrogens is 244 g/mol. The third-order valence-corrected chi connectivity index (χ3v) is 4.08. The molecule has 0 fully saturated rings. The Bertz CT molecular complexity index is 497. The van der Waals surface area contributed by atoms with Gasteiger partial charge in [-0.25, -0.2) is 4.98 Å². The van der Waals surface area contributed by atoms with Gasteiger partial charge in [0.05, 0.1) is 0 Å². The number of aromatic nitrogens is 3. The number of fused-ring (bicyclic) bond motifs is 1. The van der Waals surface area contributed by atoms with Crippen LogP contribution in [0.15, 0.2) is 35.7 Å². The van der Waals surface area contributed by atoms with Crippen LogP contribution in [-0.4, -0.2) is 38.9 Å². The number of H-pyrrole nitrogens is 1. The average Bonchev–Trinajstić information content (AvgIpc) is 2.92. The standard InChI is InChI=1S/C13H16N4S/c1-2-4-12-9-17(6-5-11(12)3-1)7-8-18-13-14-10-15-16-13/h1-4,10H,5-9H2,(H,14,15,16). The smallest absolute Gasteiger partial charge is 0.208 e. The van der Waals surface area contributed by atoms with Gasteiger partial charge in [0.2, 0.25) is 5.16 Å². The lowest BCUT2D eigenvalue weighted by Crippen LogP contribution is -2.32. The zero-order chi connectivity index (χ0) is 12.2. The summed E-state index contributed by atoms with van der Waals surface area (Å²) in [5.74, 6) is 1.04. The van der Waals surface area contributed by atoms with Gasteiger partial charge >= 0.3 is 0 Å². The molecule has 18 heavy (non-hydrogen) atoms. The normalized spacial score (nSPS) is 15.6. The summed E-state index contributed by atoms with van der Waals surface area (Å²) >= 11 is 1.71. The van der Waals surface area contributed by atoms with Gasteiger partial charge in [-0.3, -0.25) is 10.00 Å². The first-order chi connectivity index (χ1) is 8.92. The second-order valence-corrected chi connectivity index (χ2v) is 5.49. The summed E-state index contributed by atoms with van der Waals surface area (Å²) in [7, 11) is 0. The maximum absolute atomic E-state index is 4.11. The first-order valence-electron chi connectivity index (χ1n) is 6.19. The van der Waals surface area contributed by atoms with Gasteiger partial charge in [-0.2, -0.15) is 0 Å². The van der Waals surface area contributed by atoms with Crippen molar-refractivity contribution in [3.8, 4) is 0 Å². The predicted octanol–water partition coefficient (Wildman–Crippen LogP) is 1.96. The van der Waals surface area contributed by atoms with Gasteiger partial charge in [-0.15, -0.1) is 5.10 Å². The molecule has 4 nitrogen and oxygen atoms in total. The number of benzene rings is 1. The van der Waals surface area contributed by atoms with Crippen molar-refractivity contribution in [2.24, 2.45) is 0 Å². The van der Waals surface area contributed by atoms with E-state index in [9.17, 15) is 0 Å². The molecule has 1 aliphatic heterocycles. The summed E-state index contributed by atoms with van der Waals surface area (Å²) in [4.78, 5) is 6.61. The Morgan fingerprint density at radius 2 is 2.17 bits per heavy atom. The lowest BCUT2D eigenvalue weighted by Gasteiger charge is -2.28. The fourth-order valence-electron chi connectivity index (χ4n) is 2.28. The molecule has 5 heteroatoms. The van der Waals surface area contributed by atoms with Crippen molar-refractivity contribution in [1.82, 2.24) is 20.1 Å². The third-order valence-electron chi connectivity index (χ3n) is 3.24. The Labute approximate surface area is 111 Å². The molecule has 0 saturated carbocycles. The number of nitrogens with zero attached hydrogens (tertiary/aromatic N) is 3. The third kappa shape index (κ3) is 2.73. The molecule has 0 unspecified atom stereocenters. The Balaban J connectivity index is 1.51.